The summed E-state index contributed by atoms with van der Waals surface area (Å²) >= 11 is 6.14. The van der Waals surface area contributed by atoms with E-state index in [4.69, 9.17) is 21.1 Å². The zero-order chi connectivity index (χ0) is 16.2. The van der Waals surface area contributed by atoms with Gasteiger partial charge in [-0.3, -0.25) is 15.1 Å². The molecule has 1 aromatic rings. The van der Waals surface area contributed by atoms with Crippen LogP contribution in [0.25, 0.3) is 0 Å². The van der Waals surface area contributed by atoms with Crippen LogP contribution in [0.4, 0.5) is 5.69 Å². The zero-order valence-electron chi connectivity index (χ0n) is 12.4. The molecule has 1 unspecified atom stereocenters. The van der Waals surface area contributed by atoms with Crippen molar-refractivity contribution in [2.45, 2.75) is 12.5 Å². The average molecular weight is 338 g/mol. The van der Waals surface area contributed by atoms with E-state index in [0.717, 1.165) is 18.7 Å². The van der Waals surface area contributed by atoms with Gasteiger partial charge in [0, 0.05) is 24.1 Å². The minimum absolute atomic E-state index is 0.0289. The lowest BCUT2D eigenvalue weighted by Gasteiger charge is -2.23. The van der Waals surface area contributed by atoms with Crippen molar-refractivity contribution in [1.29, 1.82) is 0 Å². The van der Waals surface area contributed by atoms with Gasteiger partial charge < -0.3 is 9.47 Å². The molecular formula is C15H16ClN3O4. The van der Waals surface area contributed by atoms with Gasteiger partial charge in [-0.1, -0.05) is 11.6 Å². The number of hydrazone groups is 1. The number of allylic oxidation sites excluding steroid dienone is 1. The van der Waals surface area contributed by atoms with Crippen molar-refractivity contribution in [1.82, 2.24) is 5.01 Å². The summed E-state index contributed by atoms with van der Waals surface area (Å²) in [7, 11) is 0. The summed E-state index contributed by atoms with van der Waals surface area (Å²) in [6.45, 7) is 2.89. The van der Waals surface area contributed by atoms with Crippen molar-refractivity contribution in [2.24, 2.45) is 5.10 Å². The molecule has 1 saturated heterocycles. The first-order chi connectivity index (χ1) is 11.1. The van der Waals surface area contributed by atoms with Crippen LogP contribution in [0.1, 0.15) is 18.1 Å². The van der Waals surface area contributed by atoms with Gasteiger partial charge in [0.25, 0.3) is 5.69 Å². The standard InChI is InChI=1S/C15H16ClN3O4/c16-14-9-11(19(20)21)1-3-13(14)15-4-2-12(23-15)10-17-18-5-7-22-8-6-18/h1-3,9-10,15H,4-8H2/b17-10+. The SMILES string of the molecule is O=[N+]([O-])c1ccc(C2CC=C(/C=N/N3CCOCC3)O2)c(Cl)c1. The quantitative estimate of drug-likeness (QED) is 0.479. The summed E-state index contributed by atoms with van der Waals surface area (Å²) in [5, 5.41) is 17.4. The van der Waals surface area contributed by atoms with Crippen LogP contribution in [0.5, 0.6) is 0 Å². The molecule has 2 aliphatic rings. The minimum atomic E-state index is -0.468. The molecule has 0 N–H and O–H groups in total. The second kappa shape index (κ2) is 6.97. The lowest BCUT2D eigenvalue weighted by atomic mass is 10.1. The highest BCUT2D eigenvalue weighted by molar-refractivity contribution is 6.31. The van der Waals surface area contributed by atoms with E-state index < -0.39 is 4.92 Å². The Labute approximate surface area is 138 Å². The summed E-state index contributed by atoms with van der Waals surface area (Å²) in [6.07, 6.45) is 4.04. The van der Waals surface area contributed by atoms with Gasteiger partial charge in [-0.25, -0.2) is 0 Å². The van der Waals surface area contributed by atoms with Crippen molar-refractivity contribution >= 4 is 23.5 Å². The molecule has 0 spiro atoms. The lowest BCUT2D eigenvalue weighted by Crippen LogP contribution is -2.32. The number of benzene rings is 1. The van der Waals surface area contributed by atoms with Gasteiger partial charge in [0.1, 0.15) is 11.9 Å². The van der Waals surface area contributed by atoms with E-state index in [1.54, 1.807) is 12.3 Å². The van der Waals surface area contributed by atoms with Crippen molar-refractivity contribution in [2.75, 3.05) is 26.3 Å². The number of morpholine rings is 1. The van der Waals surface area contributed by atoms with Crippen LogP contribution in [-0.4, -0.2) is 42.5 Å². The van der Waals surface area contributed by atoms with Crippen LogP contribution in [-0.2, 0) is 9.47 Å². The molecular weight excluding hydrogens is 322 g/mol. The second-order valence-corrected chi connectivity index (χ2v) is 5.63. The normalized spacial score (nSPS) is 21.3. The summed E-state index contributed by atoms with van der Waals surface area (Å²) in [5.74, 6) is 0.677. The van der Waals surface area contributed by atoms with E-state index in [1.165, 1.54) is 12.1 Å². The highest BCUT2D eigenvalue weighted by atomic mass is 35.5. The molecule has 1 aromatic carbocycles. The number of nitro groups is 1. The molecule has 0 bridgehead atoms. The number of hydrogen-bond acceptors (Lipinski definition) is 6. The zero-order valence-corrected chi connectivity index (χ0v) is 13.1. The summed E-state index contributed by atoms with van der Waals surface area (Å²) in [6, 6.07) is 4.42. The number of nitrogens with zero attached hydrogens (tertiary/aromatic N) is 3. The van der Waals surface area contributed by atoms with E-state index in [2.05, 4.69) is 5.10 Å². The number of rotatable bonds is 4. The van der Waals surface area contributed by atoms with Gasteiger partial charge in [-0.05, 0) is 12.1 Å². The van der Waals surface area contributed by atoms with Gasteiger partial charge in [-0.2, -0.15) is 5.10 Å². The molecule has 0 aliphatic carbocycles. The Balaban J connectivity index is 1.62. The Hall–Kier alpha value is -2.12. The molecule has 0 radical (unpaired) electrons. The predicted molar refractivity (Wildman–Crippen MR) is 85.5 cm³/mol. The number of ether oxygens (including phenoxy) is 2. The number of halogens is 1. The Morgan fingerprint density at radius 3 is 2.87 bits per heavy atom. The molecule has 122 valence electrons. The molecule has 2 aliphatic heterocycles. The molecule has 0 amide bonds. The number of hydrogen-bond donors (Lipinski definition) is 0. The van der Waals surface area contributed by atoms with Crippen molar-refractivity contribution in [3.63, 3.8) is 0 Å². The van der Waals surface area contributed by atoms with Crippen molar-refractivity contribution < 1.29 is 14.4 Å². The summed E-state index contributed by atoms with van der Waals surface area (Å²) in [4.78, 5) is 10.3. The fraction of sp³-hybridized carbons (Fsp3) is 0.400. The molecule has 0 saturated carbocycles. The fourth-order valence-corrected chi connectivity index (χ4v) is 2.75. The largest absolute Gasteiger partial charge is 0.484 e. The monoisotopic (exact) mass is 337 g/mol. The van der Waals surface area contributed by atoms with Crippen LogP contribution in [0.3, 0.4) is 0 Å². The third-order valence-corrected chi connectivity index (χ3v) is 4.02. The van der Waals surface area contributed by atoms with Gasteiger partial charge in [0.05, 0.1) is 42.5 Å². The van der Waals surface area contributed by atoms with Gasteiger partial charge in [-0.15, -0.1) is 0 Å². The maximum absolute atomic E-state index is 10.7. The molecule has 8 heteroatoms. The highest BCUT2D eigenvalue weighted by Gasteiger charge is 2.23. The van der Waals surface area contributed by atoms with Crippen LogP contribution in [0.15, 0.2) is 35.1 Å². The highest BCUT2D eigenvalue weighted by Crippen LogP contribution is 2.36. The third kappa shape index (κ3) is 3.80. The van der Waals surface area contributed by atoms with E-state index in [1.807, 2.05) is 11.1 Å². The van der Waals surface area contributed by atoms with Crippen LogP contribution in [0, 0.1) is 10.1 Å². The van der Waals surface area contributed by atoms with E-state index >= 15 is 0 Å². The van der Waals surface area contributed by atoms with Gasteiger partial charge >= 0.3 is 0 Å². The van der Waals surface area contributed by atoms with E-state index in [9.17, 15) is 10.1 Å². The first-order valence-corrected chi connectivity index (χ1v) is 7.68. The van der Waals surface area contributed by atoms with E-state index in [-0.39, 0.29) is 11.8 Å². The molecule has 23 heavy (non-hydrogen) atoms. The molecule has 1 fully saturated rings. The number of non-ortho nitro benzene ring substituents is 1. The maximum Gasteiger partial charge on any atom is 0.270 e. The maximum atomic E-state index is 10.7. The smallest absolute Gasteiger partial charge is 0.270 e. The van der Waals surface area contributed by atoms with Crippen LogP contribution in [0.2, 0.25) is 5.02 Å². The summed E-state index contributed by atoms with van der Waals surface area (Å²) < 4.78 is 11.1. The van der Waals surface area contributed by atoms with Gasteiger partial charge in [0.15, 0.2) is 0 Å². The molecule has 0 aromatic heterocycles. The second-order valence-electron chi connectivity index (χ2n) is 5.22. The topological polar surface area (TPSA) is 77.2 Å². The van der Waals surface area contributed by atoms with Crippen LogP contribution < -0.4 is 0 Å². The Morgan fingerprint density at radius 1 is 1.39 bits per heavy atom. The molecule has 2 heterocycles. The van der Waals surface area contributed by atoms with E-state index in [0.29, 0.717) is 30.4 Å². The molecule has 7 nitrogen and oxygen atoms in total. The van der Waals surface area contributed by atoms with Gasteiger partial charge in [0.2, 0.25) is 0 Å². The predicted octanol–water partition coefficient (Wildman–Crippen LogP) is 2.91. The Kier molecular flexibility index (Phi) is 4.78. The molecule has 1 atom stereocenters. The minimum Gasteiger partial charge on any atom is -0.484 e. The number of nitro benzene ring substituents is 1. The first kappa shape index (κ1) is 15.8. The molecule has 3 rings (SSSR count). The van der Waals surface area contributed by atoms with Crippen LogP contribution >= 0.6 is 11.6 Å². The summed E-state index contributed by atoms with van der Waals surface area (Å²) in [5.41, 5.74) is 0.710. The fourth-order valence-electron chi connectivity index (χ4n) is 2.46. The van der Waals surface area contributed by atoms with Crippen molar-refractivity contribution in [3.05, 3.63) is 50.7 Å². The average Bonchev–Trinajstić information content (AvgIpc) is 3.02. The van der Waals surface area contributed by atoms with Crippen molar-refractivity contribution in [3.8, 4) is 0 Å². The lowest BCUT2D eigenvalue weighted by molar-refractivity contribution is -0.384. The first-order valence-electron chi connectivity index (χ1n) is 7.31. The third-order valence-electron chi connectivity index (χ3n) is 3.69. The Bertz CT molecular complexity index is 656. The Morgan fingerprint density at radius 2 is 2.17 bits per heavy atom.